The average molecular weight is 297 g/mol. The lowest BCUT2D eigenvalue weighted by Crippen LogP contribution is -2.41. The quantitative estimate of drug-likeness (QED) is 0.941. The SMILES string of the molecule is Cc1ccccc1NCCC(=O)N1CCn2cccc2C1C. The van der Waals surface area contributed by atoms with Crippen molar-refractivity contribution >= 4 is 11.6 Å². The zero-order valence-corrected chi connectivity index (χ0v) is 13.2. The van der Waals surface area contributed by atoms with Crippen LogP contribution in [-0.2, 0) is 11.3 Å². The fraction of sp³-hybridized carbons (Fsp3) is 0.389. The second-order valence-corrected chi connectivity index (χ2v) is 5.88. The van der Waals surface area contributed by atoms with Crippen LogP contribution in [0.4, 0.5) is 5.69 Å². The van der Waals surface area contributed by atoms with E-state index < -0.39 is 0 Å². The molecule has 0 radical (unpaired) electrons. The summed E-state index contributed by atoms with van der Waals surface area (Å²) in [6, 6.07) is 12.5. The van der Waals surface area contributed by atoms with Crippen molar-refractivity contribution in [1.82, 2.24) is 9.47 Å². The zero-order valence-electron chi connectivity index (χ0n) is 13.2. The van der Waals surface area contributed by atoms with Gasteiger partial charge in [-0.1, -0.05) is 18.2 Å². The number of para-hydroxylation sites is 1. The molecule has 0 fully saturated rings. The summed E-state index contributed by atoms with van der Waals surface area (Å²) in [4.78, 5) is 14.5. The first kappa shape index (κ1) is 14.7. The number of aryl methyl sites for hydroxylation is 1. The van der Waals surface area contributed by atoms with E-state index in [1.807, 2.05) is 17.0 Å². The molecule has 22 heavy (non-hydrogen) atoms. The number of hydrogen-bond donors (Lipinski definition) is 1. The Balaban J connectivity index is 1.56. The first-order valence-electron chi connectivity index (χ1n) is 7.91. The molecular weight excluding hydrogens is 274 g/mol. The van der Waals surface area contributed by atoms with Crippen LogP contribution in [0.1, 0.15) is 30.6 Å². The topological polar surface area (TPSA) is 37.3 Å². The Morgan fingerprint density at radius 3 is 2.86 bits per heavy atom. The molecule has 1 aliphatic heterocycles. The van der Waals surface area contributed by atoms with Crippen molar-refractivity contribution in [2.24, 2.45) is 0 Å². The number of nitrogens with one attached hydrogen (secondary N) is 1. The molecule has 1 N–H and O–H groups in total. The van der Waals surface area contributed by atoms with E-state index in [1.165, 1.54) is 11.3 Å². The molecule has 1 aromatic heterocycles. The predicted molar refractivity (Wildman–Crippen MR) is 88.8 cm³/mol. The van der Waals surface area contributed by atoms with E-state index in [0.29, 0.717) is 13.0 Å². The van der Waals surface area contributed by atoms with Gasteiger partial charge in [-0.3, -0.25) is 4.79 Å². The second-order valence-electron chi connectivity index (χ2n) is 5.88. The monoisotopic (exact) mass is 297 g/mol. The maximum absolute atomic E-state index is 12.5. The van der Waals surface area contributed by atoms with E-state index in [4.69, 9.17) is 0 Å². The average Bonchev–Trinajstić information content (AvgIpc) is 2.99. The molecule has 3 rings (SSSR count). The molecular formula is C18H23N3O. The molecule has 0 saturated heterocycles. The number of benzene rings is 1. The van der Waals surface area contributed by atoms with Gasteiger partial charge in [-0.25, -0.2) is 0 Å². The van der Waals surface area contributed by atoms with Crippen LogP contribution in [-0.4, -0.2) is 28.5 Å². The molecule has 1 aliphatic rings. The number of amides is 1. The Labute approximate surface area is 131 Å². The van der Waals surface area contributed by atoms with Crippen molar-refractivity contribution in [1.29, 1.82) is 0 Å². The van der Waals surface area contributed by atoms with Crippen molar-refractivity contribution in [3.05, 3.63) is 53.9 Å². The molecule has 0 bridgehead atoms. The van der Waals surface area contributed by atoms with Gasteiger partial charge >= 0.3 is 0 Å². The maximum atomic E-state index is 12.5. The third-order valence-corrected chi connectivity index (χ3v) is 4.46. The third kappa shape index (κ3) is 2.86. The summed E-state index contributed by atoms with van der Waals surface area (Å²) in [7, 11) is 0. The Morgan fingerprint density at radius 2 is 2.05 bits per heavy atom. The Bertz CT molecular complexity index is 662. The van der Waals surface area contributed by atoms with Crippen molar-refractivity contribution < 1.29 is 4.79 Å². The van der Waals surface area contributed by atoms with Crippen molar-refractivity contribution in [2.45, 2.75) is 32.9 Å². The minimum Gasteiger partial charge on any atom is -0.384 e. The van der Waals surface area contributed by atoms with Gasteiger partial charge in [0.05, 0.1) is 6.04 Å². The van der Waals surface area contributed by atoms with Gasteiger partial charge in [-0.05, 0) is 37.6 Å². The Kier molecular flexibility index (Phi) is 4.18. The van der Waals surface area contributed by atoms with Crippen LogP contribution in [0.3, 0.4) is 0 Å². The van der Waals surface area contributed by atoms with E-state index in [2.05, 4.69) is 54.2 Å². The molecule has 1 amide bonds. The molecule has 1 aromatic carbocycles. The fourth-order valence-corrected chi connectivity index (χ4v) is 3.14. The standard InChI is InChI=1S/C18H23N3O/c1-14-6-3-4-7-16(14)19-10-9-18(22)21-13-12-20-11-5-8-17(20)15(21)2/h3-8,11,15,19H,9-10,12-13H2,1-2H3. The predicted octanol–water partition coefficient (Wildman–Crippen LogP) is 3.20. The van der Waals surface area contributed by atoms with E-state index in [0.717, 1.165) is 18.8 Å². The van der Waals surface area contributed by atoms with Crippen molar-refractivity contribution in [3.63, 3.8) is 0 Å². The van der Waals surface area contributed by atoms with Crippen LogP contribution in [0.15, 0.2) is 42.6 Å². The van der Waals surface area contributed by atoms with Crippen LogP contribution in [0, 0.1) is 6.92 Å². The summed E-state index contributed by atoms with van der Waals surface area (Å²) in [6.07, 6.45) is 2.62. The lowest BCUT2D eigenvalue weighted by Gasteiger charge is -2.35. The second kappa shape index (κ2) is 6.26. The van der Waals surface area contributed by atoms with Gasteiger partial charge in [-0.15, -0.1) is 0 Å². The Morgan fingerprint density at radius 1 is 1.23 bits per heavy atom. The molecule has 0 saturated carbocycles. The minimum atomic E-state index is 0.162. The summed E-state index contributed by atoms with van der Waals surface area (Å²) >= 11 is 0. The Hall–Kier alpha value is -2.23. The lowest BCUT2D eigenvalue weighted by molar-refractivity contribution is -0.134. The van der Waals surface area contributed by atoms with E-state index in [1.54, 1.807) is 0 Å². The van der Waals surface area contributed by atoms with Gasteiger partial charge in [0.25, 0.3) is 0 Å². The number of rotatable bonds is 4. The van der Waals surface area contributed by atoms with E-state index in [-0.39, 0.29) is 11.9 Å². The van der Waals surface area contributed by atoms with E-state index >= 15 is 0 Å². The summed E-state index contributed by atoms with van der Waals surface area (Å²) < 4.78 is 2.24. The number of nitrogens with zero attached hydrogens (tertiary/aromatic N) is 2. The first-order chi connectivity index (χ1) is 10.7. The van der Waals surface area contributed by atoms with Gasteiger partial charge < -0.3 is 14.8 Å². The lowest BCUT2D eigenvalue weighted by atomic mass is 10.1. The number of carbonyl (C=O) groups excluding carboxylic acids is 1. The van der Waals surface area contributed by atoms with Gasteiger partial charge in [0, 0.05) is 43.6 Å². The molecule has 1 unspecified atom stereocenters. The highest BCUT2D eigenvalue weighted by Crippen LogP contribution is 2.25. The molecule has 116 valence electrons. The van der Waals surface area contributed by atoms with Crippen molar-refractivity contribution in [3.8, 4) is 0 Å². The first-order valence-corrected chi connectivity index (χ1v) is 7.91. The van der Waals surface area contributed by atoms with Gasteiger partial charge in [0.1, 0.15) is 0 Å². The number of anilines is 1. The van der Waals surface area contributed by atoms with Gasteiger partial charge in [0.15, 0.2) is 0 Å². The molecule has 4 heteroatoms. The third-order valence-electron chi connectivity index (χ3n) is 4.46. The molecule has 2 aromatic rings. The van der Waals surface area contributed by atoms with Gasteiger partial charge in [-0.2, -0.15) is 0 Å². The summed E-state index contributed by atoms with van der Waals surface area (Å²) in [6.45, 7) is 6.55. The van der Waals surface area contributed by atoms with Crippen LogP contribution < -0.4 is 5.32 Å². The summed E-state index contributed by atoms with van der Waals surface area (Å²) in [5, 5.41) is 3.36. The smallest absolute Gasteiger partial charge is 0.224 e. The fourth-order valence-electron chi connectivity index (χ4n) is 3.14. The van der Waals surface area contributed by atoms with Gasteiger partial charge in [0.2, 0.25) is 5.91 Å². The van der Waals surface area contributed by atoms with Crippen LogP contribution in [0.2, 0.25) is 0 Å². The normalized spacial score (nSPS) is 17.2. The minimum absolute atomic E-state index is 0.162. The zero-order chi connectivity index (χ0) is 15.5. The van der Waals surface area contributed by atoms with Crippen molar-refractivity contribution in [2.75, 3.05) is 18.4 Å². The molecule has 1 atom stereocenters. The molecule has 0 spiro atoms. The number of carbonyl (C=O) groups is 1. The van der Waals surface area contributed by atoms with Crippen LogP contribution in [0.25, 0.3) is 0 Å². The molecule has 2 heterocycles. The highest BCUT2D eigenvalue weighted by Gasteiger charge is 2.26. The van der Waals surface area contributed by atoms with Crippen LogP contribution >= 0.6 is 0 Å². The number of fused-ring (bicyclic) bond motifs is 1. The highest BCUT2D eigenvalue weighted by atomic mass is 16.2. The number of aromatic nitrogens is 1. The van der Waals surface area contributed by atoms with Crippen LogP contribution in [0.5, 0.6) is 0 Å². The summed E-state index contributed by atoms with van der Waals surface area (Å²) in [5.41, 5.74) is 3.54. The largest absolute Gasteiger partial charge is 0.384 e. The summed E-state index contributed by atoms with van der Waals surface area (Å²) in [5.74, 6) is 0.223. The molecule has 0 aliphatic carbocycles. The van der Waals surface area contributed by atoms with E-state index in [9.17, 15) is 4.79 Å². The highest BCUT2D eigenvalue weighted by molar-refractivity contribution is 5.77. The number of hydrogen-bond acceptors (Lipinski definition) is 2. The maximum Gasteiger partial charge on any atom is 0.224 e. The molecule has 4 nitrogen and oxygen atoms in total.